The normalized spacial score (nSPS) is 15.6. The van der Waals surface area contributed by atoms with Gasteiger partial charge in [-0.15, -0.1) is 0 Å². The SMILES string of the molecule is COc1ccc(C(=O)N[C@H](CO)C(=O)NO)cc1OC1CCCC1. The molecule has 0 aliphatic heterocycles. The van der Waals surface area contributed by atoms with E-state index in [9.17, 15) is 9.59 Å². The van der Waals surface area contributed by atoms with E-state index in [0.29, 0.717) is 11.5 Å². The zero-order chi connectivity index (χ0) is 17.5. The summed E-state index contributed by atoms with van der Waals surface area (Å²) in [6, 6.07) is 3.43. The first-order chi connectivity index (χ1) is 11.6. The van der Waals surface area contributed by atoms with Crippen molar-refractivity contribution in [2.75, 3.05) is 13.7 Å². The van der Waals surface area contributed by atoms with Crippen LogP contribution in [0.4, 0.5) is 0 Å². The number of ether oxygens (including phenoxy) is 2. The molecule has 0 radical (unpaired) electrons. The van der Waals surface area contributed by atoms with Gasteiger partial charge in [-0.1, -0.05) is 0 Å². The van der Waals surface area contributed by atoms with Crippen molar-refractivity contribution in [3.8, 4) is 11.5 Å². The molecule has 1 aromatic carbocycles. The van der Waals surface area contributed by atoms with Gasteiger partial charge in [-0.3, -0.25) is 14.8 Å². The van der Waals surface area contributed by atoms with E-state index in [-0.39, 0.29) is 11.7 Å². The topological polar surface area (TPSA) is 117 Å². The third-order valence-electron chi connectivity index (χ3n) is 3.94. The number of carbonyl (C=O) groups excluding carboxylic acids is 2. The number of hydrogen-bond acceptors (Lipinski definition) is 6. The van der Waals surface area contributed by atoms with Crippen LogP contribution in [0, 0.1) is 0 Å². The fourth-order valence-corrected chi connectivity index (χ4v) is 2.61. The van der Waals surface area contributed by atoms with E-state index < -0.39 is 24.5 Å². The van der Waals surface area contributed by atoms with Crippen molar-refractivity contribution < 1.29 is 29.4 Å². The molecule has 8 heteroatoms. The highest BCUT2D eigenvalue weighted by molar-refractivity contribution is 5.98. The molecule has 2 rings (SSSR count). The maximum absolute atomic E-state index is 12.2. The van der Waals surface area contributed by atoms with Crippen LogP contribution in [-0.4, -0.2) is 48.0 Å². The van der Waals surface area contributed by atoms with Crippen LogP contribution in [0.25, 0.3) is 0 Å². The number of amides is 2. The molecule has 0 bridgehead atoms. The number of aliphatic hydroxyl groups is 1. The highest BCUT2D eigenvalue weighted by Gasteiger charge is 2.22. The van der Waals surface area contributed by atoms with Gasteiger partial charge in [0, 0.05) is 5.56 Å². The summed E-state index contributed by atoms with van der Waals surface area (Å²) in [6.45, 7) is -0.639. The van der Waals surface area contributed by atoms with Gasteiger partial charge in [0.05, 0.1) is 19.8 Å². The molecular formula is C16H22N2O6. The van der Waals surface area contributed by atoms with Crippen LogP contribution in [0.5, 0.6) is 11.5 Å². The largest absolute Gasteiger partial charge is 0.493 e. The molecule has 0 saturated heterocycles. The highest BCUT2D eigenvalue weighted by Crippen LogP contribution is 2.32. The lowest BCUT2D eigenvalue weighted by molar-refractivity contribution is -0.132. The van der Waals surface area contributed by atoms with Crippen molar-refractivity contribution >= 4 is 11.8 Å². The standard InChI is InChI=1S/C16H22N2O6/c1-23-13-7-6-10(8-14(13)24-11-4-2-3-5-11)15(20)17-12(9-19)16(21)18-22/h6-8,11-12,19,22H,2-5,9H2,1H3,(H,17,20)(H,18,21)/t12-/m1/s1. The Morgan fingerprint density at radius 2 is 2.00 bits per heavy atom. The van der Waals surface area contributed by atoms with Crippen LogP contribution < -0.4 is 20.3 Å². The summed E-state index contributed by atoms with van der Waals surface area (Å²) in [5.41, 5.74) is 1.65. The smallest absolute Gasteiger partial charge is 0.268 e. The maximum Gasteiger partial charge on any atom is 0.268 e. The van der Waals surface area contributed by atoms with E-state index in [1.54, 1.807) is 6.07 Å². The second-order valence-electron chi connectivity index (χ2n) is 5.57. The number of methoxy groups -OCH3 is 1. The Morgan fingerprint density at radius 1 is 1.29 bits per heavy atom. The van der Waals surface area contributed by atoms with Gasteiger partial charge in [0.15, 0.2) is 11.5 Å². The fourth-order valence-electron chi connectivity index (χ4n) is 2.61. The lowest BCUT2D eigenvalue weighted by Crippen LogP contribution is -2.48. The quantitative estimate of drug-likeness (QED) is 0.427. The molecule has 132 valence electrons. The molecule has 2 amide bonds. The van der Waals surface area contributed by atoms with Crippen molar-refractivity contribution in [3.63, 3.8) is 0 Å². The second-order valence-corrected chi connectivity index (χ2v) is 5.57. The molecule has 1 aliphatic carbocycles. The number of carbonyl (C=O) groups is 2. The van der Waals surface area contributed by atoms with Crippen LogP contribution >= 0.6 is 0 Å². The first-order valence-electron chi connectivity index (χ1n) is 7.79. The average Bonchev–Trinajstić information content (AvgIpc) is 3.11. The van der Waals surface area contributed by atoms with E-state index in [0.717, 1.165) is 25.7 Å². The molecular weight excluding hydrogens is 316 g/mol. The molecule has 24 heavy (non-hydrogen) atoms. The van der Waals surface area contributed by atoms with E-state index in [4.69, 9.17) is 19.8 Å². The van der Waals surface area contributed by atoms with Gasteiger partial charge in [0.2, 0.25) is 0 Å². The predicted octanol–water partition coefficient (Wildman–Crippen LogP) is 0.613. The van der Waals surface area contributed by atoms with Crippen LogP contribution in [0.15, 0.2) is 18.2 Å². The number of rotatable bonds is 7. The molecule has 1 fully saturated rings. The maximum atomic E-state index is 12.2. The summed E-state index contributed by atoms with van der Waals surface area (Å²) in [5.74, 6) is -0.493. The molecule has 1 atom stereocenters. The van der Waals surface area contributed by atoms with Crippen LogP contribution in [0.1, 0.15) is 36.0 Å². The van der Waals surface area contributed by atoms with Crippen molar-refractivity contribution in [2.45, 2.75) is 37.8 Å². The molecule has 1 aromatic rings. The highest BCUT2D eigenvalue weighted by atomic mass is 16.5. The molecule has 8 nitrogen and oxygen atoms in total. The zero-order valence-electron chi connectivity index (χ0n) is 13.4. The van der Waals surface area contributed by atoms with Crippen LogP contribution in [-0.2, 0) is 4.79 Å². The van der Waals surface area contributed by atoms with Gasteiger partial charge in [-0.25, -0.2) is 5.48 Å². The average molecular weight is 338 g/mol. The molecule has 0 unspecified atom stereocenters. The number of hydroxylamine groups is 1. The first-order valence-corrected chi connectivity index (χ1v) is 7.79. The third-order valence-corrected chi connectivity index (χ3v) is 3.94. The number of nitrogens with one attached hydrogen (secondary N) is 2. The van der Waals surface area contributed by atoms with Crippen molar-refractivity contribution in [2.24, 2.45) is 0 Å². The summed E-state index contributed by atoms with van der Waals surface area (Å²) >= 11 is 0. The van der Waals surface area contributed by atoms with E-state index in [1.807, 2.05) is 0 Å². The van der Waals surface area contributed by atoms with Crippen LogP contribution in [0.3, 0.4) is 0 Å². The summed E-state index contributed by atoms with van der Waals surface area (Å²) < 4.78 is 11.2. The van der Waals surface area contributed by atoms with Gasteiger partial charge in [0.25, 0.3) is 11.8 Å². The minimum Gasteiger partial charge on any atom is -0.493 e. The lowest BCUT2D eigenvalue weighted by atomic mass is 10.1. The molecule has 0 aromatic heterocycles. The summed E-state index contributed by atoms with van der Waals surface area (Å²) in [5, 5.41) is 20.0. The van der Waals surface area contributed by atoms with E-state index in [2.05, 4.69) is 5.32 Å². The predicted molar refractivity (Wildman–Crippen MR) is 84.1 cm³/mol. The van der Waals surface area contributed by atoms with Crippen molar-refractivity contribution in [1.29, 1.82) is 0 Å². The van der Waals surface area contributed by atoms with Gasteiger partial charge in [-0.05, 0) is 43.9 Å². The van der Waals surface area contributed by atoms with E-state index in [1.165, 1.54) is 24.7 Å². The monoisotopic (exact) mass is 338 g/mol. The number of aliphatic hydroxyl groups excluding tert-OH is 1. The Labute approximate surface area is 139 Å². The number of hydrogen-bond donors (Lipinski definition) is 4. The Morgan fingerprint density at radius 3 is 2.58 bits per heavy atom. The first kappa shape index (κ1) is 18.0. The Bertz CT molecular complexity index is 586. The fraction of sp³-hybridized carbons (Fsp3) is 0.500. The summed E-state index contributed by atoms with van der Waals surface area (Å²) in [6.07, 6.45) is 4.25. The molecule has 1 aliphatic rings. The molecule has 0 heterocycles. The minimum atomic E-state index is -1.25. The summed E-state index contributed by atoms with van der Waals surface area (Å²) in [7, 11) is 1.52. The zero-order valence-corrected chi connectivity index (χ0v) is 13.4. The lowest BCUT2D eigenvalue weighted by Gasteiger charge is -2.18. The molecule has 4 N–H and O–H groups in total. The molecule has 0 spiro atoms. The Hall–Kier alpha value is -2.32. The van der Waals surface area contributed by atoms with Gasteiger partial charge >= 0.3 is 0 Å². The second kappa shape index (κ2) is 8.51. The third kappa shape index (κ3) is 4.36. The number of benzene rings is 1. The van der Waals surface area contributed by atoms with Crippen molar-refractivity contribution in [3.05, 3.63) is 23.8 Å². The van der Waals surface area contributed by atoms with E-state index >= 15 is 0 Å². The molecule has 1 saturated carbocycles. The Balaban J connectivity index is 2.14. The van der Waals surface area contributed by atoms with Crippen molar-refractivity contribution in [1.82, 2.24) is 10.8 Å². The minimum absolute atomic E-state index is 0.0996. The summed E-state index contributed by atoms with van der Waals surface area (Å²) in [4.78, 5) is 23.6. The van der Waals surface area contributed by atoms with Crippen LogP contribution in [0.2, 0.25) is 0 Å². The van der Waals surface area contributed by atoms with Gasteiger partial charge in [-0.2, -0.15) is 0 Å². The van der Waals surface area contributed by atoms with Gasteiger partial charge < -0.3 is 19.9 Å². The van der Waals surface area contributed by atoms with Gasteiger partial charge in [0.1, 0.15) is 6.04 Å². The Kier molecular flexibility index (Phi) is 6.39.